The predicted octanol–water partition coefficient (Wildman–Crippen LogP) is 2.33. The number of ether oxygens (including phenoxy) is 1. The molecule has 8 heteroatoms. The number of nitrogens with two attached hydrogens (primary N) is 1. The van der Waals surface area contributed by atoms with Gasteiger partial charge in [-0.3, -0.25) is 15.1 Å². The zero-order valence-corrected chi connectivity index (χ0v) is 12.0. The van der Waals surface area contributed by atoms with Crippen LogP contribution in [-0.4, -0.2) is 19.9 Å². The predicted molar refractivity (Wildman–Crippen MR) is 76.3 cm³/mol. The molecule has 2 N–H and O–H groups in total. The Kier molecular flexibility index (Phi) is 3.97. The molecule has 2 rings (SSSR count). The lowest BCUT2D eigenvalue weighted by atomic mass is 10.2. The Morgan fingerprint density at radius 3 is 2.62 bits per heavy atom. The van der Waals surface area contributed by atoms with Gasteiger partial charge in [-0.15, -0.1) is 0 Å². The van der Waals surface area contributed by atoms with E-state index in [0.717, 1.165) is 5.69 Å². The molecule has 0 aliphatic carbocycles. The SMILES string of the molecule is CCc1nc(C)ccc1Oc1nc(N)nc(C)c1[N+](=O)[O-]. The maximum atomic E-state index is 11.1. The van der Waals surface area contributed by atoms with Crippen LogP contribution in [0.1, 0.15) is 24.0 Å². The lowest BCUT2D eigenvalue weighted by Crippen LogP contribution is -2.06. The first-order valence-corrected chi connectivity index (χ1v) is 6.35. The van der Waals surface area contributed by atoms with Gasteiger partial charge < -0.3 is 10.5 Å². The lowest BCUT2D eigenvalue weighted by molar-refractivity contribution is -0.386. The largest absolute Gasteiger partial charge is 0.432 e. The van der Waals surface area contributed by atoms with Crippen molar-refractivity contribution in [3.63, 3.8) is 0 Å². The highest BCUT2D eigenvalue weighted by Crippen LogP contribution is 2.33. The molecule has 0 aliphatic rings. The van der Waals surface area contributed by atoms with Crippen molar-refractivity contribution in [1.82, 2.24) is 15.0 Å². The van der Waals surface area contributed by atoms with Crippen molar-refractivity contribution in [2.24, 2.45) is 0 Å². The molecule has 0 amide bonds. The van der Waals surface area contributed by atoms with Crippen molar-refractivity contribution in [2.75, 3.05) is 5.73 Å². The Morgan fingerprint density at radius 2 is 2.00 bits per heavy atom. The average molecular weight is 289 g/mol. The number of pyridine rings is 1. The lowest BCUT2D eigenvalue weighted by Gasteiger charge is -2.10. The first-order chi connectivity index (χ1) is 9.92. The number of aromatic nitrogens is 3. The summed E-state index contributed by atoms with van der Waals surface area (Å²) in [5, 5.41) is 11.1. The van der Waals surface area contributed by atoms with Crippen LogP contribution in [0, 0.1) is 24.0 Å². The molecule has 0 radical (unpaired) electrons. The molecule has 2 aromatic rings. The summed E-state index contributed by atoms with van der Waals surface area (Å²) in [7, 11) is 0. The van der Waals surface area contributed by atoms with E-state index >= 15 is 0 Å². The third kappa shape index (κ3) is 3.04. The van der Waals surface area contributed by atoms with Crippen molar-refractivity contribution in [3.8, 4) is 11.6 Å². The molecule has 0 saturated carbocycles. The van der Waals surface area contributed by atoms with E-state index < -0.39 is 4.92 Å². The van der Waals surface area contributed by atoms with Crippen LogP contribution in [0.2, 0.25) is 0 Å². The molecule has 2 heterocycles. The number of aryl methyl sites for hydroxylation is 3. The summed E-state index contributed by atoms with van der Waals surface area (Å²) >= 11 is 0. The van der Waals surface area contributed by atoms with Gasteiger partial charge in [0.05, 0.1) is 10.6 Å². The summed E-state index contributed by atoms with van der Waals surface area (Å²) in [4.78, 5) is 22.5. The Balaban J connectivity index is 2.51. The molecule has 0 fully saturated rings. The zero-order chi connectivity index (χ0) is 15.6. The second-order valence-electron chi connectivity index (χ2n) is 4.43. The van der Waals surface area contributed by atoms with E-state index in [1.54, 1.807) is 12.1 Å². The maximum Gasteiger partial charge on any atom is 0.352 e. The molecule has 0 atom stereocenters. The van der Waals surface area contributed by atoms with Gasteiger partial charge in [-0.1, -0.05) is 6.92 Å². The summed E-state index contributed by atoms with van der Waals surface area (Å²) in [5.74, 6) is 0.167. The molecule has 21 heavy (non-hydrogen) atoms. The van der Waals surface area contributed by atoms with Gasteiger partial charge in [0, 0.05) is 5.69 Å². The topological polar surface area (TPSA) is 117 Å². The van der Waals surface area contributed by atoms with Crippen molar-refractivity contribution in [3.05, 3.63) is 39.3 Å². The normalized spacial score (nSPS) is 10.4. The number of anilines is 1. The fraction of sp³-hybridized carbons (Fsp3) is 0.308. The summed E-state index contributed by atoms with van der Waals surface area (Å²) < 4.78 is 5.57. The second kappa shape index (κ2) is 5.70. The molecule has 110 valence electrons. The number of nitro groups is 1. The zero-order valence-electron chi connectivity index (χ0n) is 12.0. The van der Waals surface area contributed by atoms with Crippen molar-refractivity contribution in [1.29, 1.82) is 0 Å². The van der Waals surface area contributed by atoms with E-state index in [4.69, 9.17) is 10.5 Å². The van der Waals surface area contributed by atoms with E-state index in [1.165, 1.54) is 6.92 Å². The van der Waals surface area contributed by atoms with E-state index in [1.807, 2.05) is 13.8 Å². The highest BCUT2D eigenvalue weighted by molar-refractivity contribution is 5.50. The Hall–Kier alpha value is -2.77. The molecule has 0 bridgehead atoms. The molecule has 0 aliphatic heterocycles. The molecule has 0 spiro atoms. The molecule has 0 aromatic carbocycles. The monoisotopic (exact) mass is 289 g/mol. The van der Waals surface area contributed by atoms with Crippen LogP contribution in [0.5, 0.6) is 11.6 Å². The molecule has 0 saturated heterocycles. The van der Waals surface area contributed by atoms with E-state index in [9.17, 15) is 10.1 Å². The van der Waals surface area contributed by atoms with Gasteiger partial charge in [-0.05, 0) is 32.4 Å². The van der Waals surface area contributed by atoms with Gasteiger partial charge in [0.2, 0.25) is 5.95 Å². The first-order valence-electron chi connectivity index (χ1n) is 6.35. The number of hydrogen-bond donors (Lipinski definition) is 1. The summed E-state index contributed by atoms with van der Waals surface area (Å²) in [6, 6.07) is 3.47. The second-order valence-corrected chi connectivity index (χ2v) is 4.43. The summed E-state index contributed by atoms with van der Waals surface area (Å²) in [6.45, 7) is 5.26. The number of nitrogens with zero attached hydrogens (tertiary/aromatic N) is 4. The number of nitrogen functional groups attached to an aromatic ring is 1. The van der Waals surface area contributed by atoms with Crippen LogP contribution in [0.15, 0.2) is 12.1 Å². The Morgan fingerprint density at radius 1 is 1.29 bits per heavy atom. The quantitative estimate of drug-likeness (QED) is 0.677. The summed E-state index contributed by atoms with van der Waals surface area (Å²) in [6.07, 6.45) is 0.629. The fourth-order valence-electron chi connectivity index (χ4n) is 1.89. The third-order valence-electron chi connectivity index (χ3n) is 2.84. The number of rotatable bonds is 4. The van der Waals surface area contributed by atoms with Crippen LogP contribution in [-0.2, 0) is 6.42 Å². The van der Waals surface area contributed by atoms with Crippen LogP contribution in [0.3, 0.4) is 0 Å². The minimum Gasteiger partial charge on any atom is -0.432 e. The molecule has 2 aromatic heterocycles. The average Bonchev–Trinajstić information content (AvgIpc) is 2.39. The fourth-order valence-corrected chi connectivity index (χ4v) is 1.89. The molecule has 8 nitrogen and oxygen atoms in total. The molecule has 0 unspecified atom stereocenters. The Labute approximate surface area is 121 Å². The van der Waals surface area contributed by atoms with Gasteiger partial charge in [-0.2, -0.15) is 4.98 Å². The van der Waals surface area contributed by atoms with Crippen molar-refractivity contribution < 1.29 is 9.66 Å². The maximum absolute atomic E-state index is 11.1. The van der Waals surface area contributed by atoms with Crippen LogP contribution in [0.25, 0.3) is 0 Å². The standard InChI is InChI=1S/C13H15N5O3/c1-4-9-10(6-5-7(2)15-9)21-12-11(18(19)20)8(3)16-13(14)17-12/h5-6H,4H2,1-3H3,(H2,14,16,17). The van der Waals surface area contributed by atoms with E-state index in [0.29, 0.717) is 17.9 Å². The van der Waals surface area contributed by atoms with Crippen LogP contribution in [0.4, 0.5) is 11.6 Å². The number of hydrogen-bond acceptors (Lipinski definition) is 7. The molecular weight excluding hydrogens is 274 g/mol. The van der Waals surface area contributed by atoms with Crippen LogP contribution < -0.4 is 10.5 Å². The first kappa shape index (κ1) is 14.6. The van der Waals surface area contributed by atoms with Crippen molar-refractivity contribution >= 4 is 11.6 Å². The Bertz CT molecular complexity index is 702. The smallest absolute Gasteiger partial charge is 0.352 e. The molecular formula is C13H15N5O3. The van der Waals surface area contributed by atoms with E-state index in [-0.39, 0.29) is 23.2 Å². The minimum atomic E-state index is -0.586. The van der Waals surface area contributed by atoms with E-state index in [2.05, 4.69) is 15.0 Å². The third-order valence-corrected chi connectivity index (χ3v) is 2.84. The van der Waals surface area contributed by atoms with Crippen molar-refractivity contribution in [2.45, 2.75) is 27.2 Å². The van der Waals surface area contributed by atoms with Gasteiger partial charge in [-0.25, -0.2) is 4.98 Å². The van der Waals surface area contributed by atoms with Gasteiger partial charge >= 0.3 is 11.6 Å². The summed E-state index contributed by atoms with van der Waals surface area (Å²) in [5.41, 5.74) is 6.92. The highest BCUT2D eigenvalue weighted by Gasteiger charge is 2.24. The highest BCUT2D eigenvalue weighted by atomic mass is 16.6. The van der Waals surface area contributed by atoms with Gasteiger partial charge in [0.1, 0.15) is 5.69 Å². The minimum absolute atomic E-state index is 0.0776. The van der Waals surface area contributed by atoms with Crippen LogP contribution >= 0.6 is 0 Å². The van der Waals surface area contributed by atoms with Gasteiger partial charge in [0.15, 0.2) is 5.75 Å². The van der Waals surface area contributed by atoms with Gasteiger partial charge in [0.25, 0.3) is 0 Å².